The van der Waals surface area contributed by atoms with E-state index in [1.807, 2.05) is 13.8 Å². The molecule has 1 aliphatic carbocycles. The summed E-state index contributed by atoms with van der Waals surface area (Å²) >= 11 is 0. The van der Waals surface area contributed by atoms with E-state index in [9.17, 15) is 9.59 Å². The van der Waals surface area contributed by atoms with Crippen LogP contribution in [0.4, 0.5) is 0 Å². The van der Waals surface area contributed by atoms with Crippen LogP contribution in [0, 0.1) is 5.92 Å². The van der Waals surface area contributed by atoms with Gasteiger partial charge >= 0.3 is 0 Å². The van der Waals surface area contributed by atoms with Gasteiger partial charge in [-0.15, -0.1) is 0 Å². The summed E-state index contributed by atoms with van der Waals surface area (Å²) in [5, 5.41) is 2.77. The molecular formula is C11H18N2O2. The number of nitrogens with one attached hydrogen (secondary N) is 1. The van der Waals surface area contributed by atoms with Crippen molar-refractivity contribution in [2.24, 2.45) is 5.92 Å². The quantitative estimate of drug-likeness (QED) is 0.722. The van der Waals surface area contributed by atoms with Crippen LogP contribution in [-0.4, -0.2) is 35.3 Å². The third-order valence-corrected chi connectivity index (χ3v) is 3.36. The topological polar surface area (TPSA) is 49.4 Å². The van der Waals surface area contributed by atoms with Gasteiger partial charge in [0.2, 0.25) is 11.8 Å². The van der Waals surface area contributed by atoms with Crippen molar-refractivity contribution < 1.29 is 9.59 Å². The normalized spacial score (nSPS) is 27.9. The third-order valence-electron chi connectivity index (χ3n) is 3.36. The van der Waals surface area contributed by atoms with Gasteiger partial charge < -0.3 is 10.2 Å². The minimum Gasteiger partial charge on any atom is -0.343 e. The molecule has 1 N–H and O–H groups in total. The summed E-state index contributed by atoms with van der Waals surface area (Å²) in [7, 11) is 0. The molecule has 2 amide bonds. The maximum Gasteiger partial charge on any atom is 0.246 e. The molecule has 1 saturated heterocycles. The zero-order chi connectivity index (χ0) is 11.0. The largest absolute Gasteiger partial charge is 0.343 e. The van der Waals surface area contributed by atoms with E-state index in [-0.39, 0.29) is 30.3 Å². The fraction of sp³-hybridized carbons (Fsp3) is 0.818. The van der Waals surface area contributed by atoms with Gasteiger partial charge in [0.25, 0.3) is 0 Å². The molecule has 1 unspecified atom stereocenters. The molecule has 1 saturated carbocycles. The Hall–Kier alpha value is -1.06. The Morgan fingerprint density at radius 2 is 2.00 bits per heavy atom. The molecule has 2 rings (SSSR count). The second-order valence-electron chi connectivity index (χ2n) is 4.84. The first-order valence-electron chi connectivity index (χ1n) is 5.69. The van der Waals surface area contributed by atoms with Crippen molar-refractivity contribution in [1.82, 2.24) is 10.2 Å². The first-order chi connectivity index (χ1) is 7.09. The SMILES string of the molecule is CC(C)C1NC(=O)CN(C2CCC2)C1=O. The van der Waals surface area contributed by atoms with Crippen LogP contribution in [0.1, 0.15) is 33.1 Å². The van der Waals surface area contributed by atoms with Crippen molar-refractivity contribution >= 4 is 11.8 Å². The Kier molecular flexibility index (Phi) is 2.67. The molecule has 84 valence electrons. The summed E-state index contributed by atoms with van der Waals surface area (Å²) < 4.78 is 0. The summed E-state index contributed by atoms with van der Waals surface area (Å²) in [6, 6.07) is 0.0108. The fourth-order valence-electron chi connectivity index (χ4n) is 2.15. The highest BCUT2D eigenvalue weighted by molar-refractivity contribution is 5.95. The van der Waals surface area contributed by atoms with Crippen LogP contribution < -0.4 is 5.32 Å². The first kappa shape index (κ1) is 10.5. The lowest BCUT2D eigenvalue weighted by atomic mass is 9.89. The molecule has 2 aliphatic rings. The van der Waals surface area contributed by atoms with Gasteiger partial charge in [0.1, 0.15) is 6.04 Å². The van der Waals surface area contributed by atoms with Gasteiger partial charge in [-0.05, 0) is 25.2 Å². The average Bonchev–Trinajstić information content (AvgIpc) is 2.07. The van der Waals surface area contributed by atoms with Crippen LogP contribution in [0.5, 0.6) is 0 Å². The van der Waals surface area contributed by atoms with Gasteiger partial charge in [0, 0.05) is 6.04 Å². The molecular weight excluding hydrogens is 192 g/mol. The Bertz CT molecular complexity index is 284. The highest BCUT2D eigenvalue weighted by Gasteiger charge is 2.39. The van der Waals surface area contributed by atoms with Crippen LogP contribution >= 0.6 is 0 Å². The third kappa shape index (κ3) is 1.85. The number of piperazine rings is 1. The molecule has 0 radical (unpaired) electrons. The molecule has 15 heavy (non-hydrogen) atoms. The number of rotatable bonds is 2. The average molecular weight is 210 g/mol. The molecule has 1 heterocycles. The van der Waals surface area contributed by atoms with Crippen LogP contribution in [-0.2, 0) is 9.59 Å². The van der Waals surface area contributed by atoms with Crippen molar-refractivity contribution in [2.45, 2.75) is 45.2 Å². The number of carbonyl (C=O) groups excluding carboxylic acids is 2. The van der Waals surface area contributed by atoms with Crippen LogP contribution in [0.2, 0.25) is 0 Å². The molecule has 4 nitrogen and oxygen atoms in total. The summed E-state index contributed by atoms with van der Waals surface area (Å²) in [6.07, 6.45) is 3.30. The maximum absolute atomic E-state index is 12.1. The number of amides is 2. The van der Waals surface area contributed by atoms with Crippen molar-refractivity contribution in [3.8, 4) is 0 Å². The van der Waals surface area contributed by atoms with Gasteiger partial charge in [0.15, 0.2) is 0 Å². The zero-order valence-corrected chi connectivity index (χ0v) is 9.32. The predicted octanol–water partition coefficient (Wildman–Crippen LogP) is 0.522. The standard InChI is InChI=1S/C11H18N2O2/c1-7(2)10-11(15)13(6-9(14)12-10)8-4-3-5-8/h7-8,10H,3-6H2,1-2H3,(H,12,14). The maximum atomic E-state index is 12.1. The molecule has 4 heteroatoms. The van der Waals surface area contributed by atoms with Crippen molar-refractivity contribution in [1.29, 1.82) is 0 Å². The zero-order valence-electron chi connectivity index (χ0n) is 9.32. The Balaban J connectivity index is 2.10. The minimum atomic E-state index is -0.313. The fourth-order valence-corrected chi connectivity index (χ4v) is 2.15. The van der Waals surface area contributed by atoms with Gasteiger partial charge in [0.05, 0.1) is 6.54 Å². The Morgan fingerprint density at radius 1 is 1.33 bits per heavy atom. The molecule has 0 aromatic carbocycles. The second-order valence-corrected chi connectivity index (χ2v) is 4.84. The lowest BCUT2D eigenvalue weighted by Crippen LogP contribution is -2.63. The van der Waals surface area contributed by atoms with Crippen LogP contribution in [0.15, 0.2) is 0 Å². The molecule has 0 bridgehead atoms. The number of nitrogens with zero attached hydrogens (tertiary/aromatic N) is 1. The van der Waals surface area contributed by atoms with Crippen LogP contribution in [0.25, 0.3) is 0 Å². The number of hydrogen-bond acceptors (Lipinski definition) is 2. The number of hydrogen-bond donors (Lipinski definition) is 1. The van der Waals surface area contributed by atoms with E-state index >= 15 is 0 Å². The molecule has 0 aromatic rings. The second kappa shape index (κ2) is 3.83. The summed E-state index contributed by atoms with van der Waals surface area (Å²) in [5.41, 5.74) is 0. The Labute approximate surface area is 90.0 Å². The molecule has 0 aromatic heterocycles. The van der Waals surface area contributed by atoms with E-state index in [1.165, 1.54) is 6.42 Å². The van der Waals surface area contributed by atoms with Crippen molar-refractivity contribution in [3.05, 3.63) is 0 Å². The van der Waals surface area contributed by atoms with Gasteiger partial charge in [-0.3, -0.25) is 9.59 Å². The monoisotopic (exact) mass is 210 g/mol. The molecule has 2 fully saturated rings. The van der Waals surface area contributed by atoms with Gasteiger partial charge in [-0.1, -0.05) is 13.8 Å². The minimum absolute atomic E-state index is 0.0137. The van der Waals surface area contributed by atoms with Gasteiger partial charge in [-0.25, -0.2) is 0 Å². The highest BCUT2D eigenvalue weighted by Crippen LogP contribution is 2.27. The van der Waals surface area contributed by atoms with E-state index in [1.54, 1.807) is 4.90 Å². The Morgan fingerprint density at radius 3 is 2.47 bits per heavy atom. The van der Waals surface area contributed by atoms with E-state index in [0.717, 1.165) is 12.8 Å². The van der Waals surface area contributed by atoms with Crippen LogP contribution in [0.3, 0.4) is 0 Å². The summed E-state index contributed by atoms with van der Waals surface area (Å²) in [5.74, 6) is 0.263. The molecule has 0 spiro atoms. The number of carbonyl (C=O) groups is 2. The van der Waals surface area contributed by atoms with E-state index in [2.05, 4.69) is 5.32 Å². The lowest BCUT2D eigenvalue weighted by molar-refractivity contribution is -0.149. The van der Waals surface area contributed by atoms with E-state index < -0.39 is 0 Å². The summed E-state index contributed by atoms with van der Waals surface area (Å²) in [6.45, 7) is 4.19. The van der Waals surface area contributed by atoms with Crippen molar-refractivity contribution in [3.63, 3.8) is 0 Å². The molecule has 1 aliphatic heterocycles. The smallest absolute Gasteiger partial charge is 0.246 e. The van der Waals surface area contributed by atoms with Gasteiger partial charge in [-0.2, -0.15) is 0 Å². The highest BCUT2D eigenvalue weighted by atomic mass is 16.2. The van der Waals surface area contributed by atoms with E-state index in [4.69, 9.17) is 0 Å². The van der Waals surface area contributed by atoms with E-state index in [0.29, 0.717) is 6.04 Å². The first-order valence-corrected chi connectivity index (χ1v) is 5.69. The van der Waals surface area contributed by atoms with Crippen molar-refractivity contribution in [2.75, 3.05) is 6.54 Å². The predicted molar refractivity (Wildman–Crippen MR) is 56.1 cm³/mol. The molecule has 1 atom stereocenters. The lowest BCUT2D eigenvalue weighted by Gasteiger charge is -2.42. The summed E-state index contributed by atoms with van der Waals surface area (Å²) in [4.78, 5) is 25.3.